The number of nitrogens with zero attached hydrogens (tertiary/aromatic N) is 3. The minimum atomic E-state index is -0.0564. The third kappa shape index (κ3) is 2.69. The number of piperidine rings is 1. The third-order valence-electron chi connectivity index (χ3n) is 4.49. The summed E-state index contributed by atoms with van der Waals surface area (Å²) in [5.74, 6) is 6.94. The SMILES string of the molecule is O=C(c1cncc(Cl)c1)N1C[C@H]2C[C@@]2(C#Cc2ccccn2)C1. The van der Waals surface area contributed by atoms with Gasteiger partial charge in [-0.3, -0.25) is 9.78 Å². The number of hydrogen-bond acceptors (Lipinski definition) is 3. The zero-order valence-corrected chi connectivity index (χ0v) is 13.1. The Bertz CT molecular complexity index is 827. The van der Waals surface area contributed by atoms with E-state index in [1.807, 2.05) is 23.1 Å². The van der Waals surface area contributed by atoms with Crippen LogP contribution in [0.1, 0.15) is 22.5 Å². The lowest BCUT2D eigenvalue weighted by Gasteiger charge is -2.19. The molecule has 1 saturated carbocycles. The maximum Gasteiger partial charge on any atom is 0.255 e. The highest BCUT2D eigenvalue weighted by Gasteiger charge is 2.60. The molecule has 0 aromatic carbocycles. The van der Waals surface area contributed by atoms with Crippen LogP contribution in [0.3, 0.4) is 0 Å². The van der Waals surface area contributed by atoms with Crippen LogP contribution in [-0.2, 0) is 0 Å². The highest BCUT2D eigenvalue weighted by atomic mass is 35.5. The van der Waals surface area contributed by atoms with E-state index in [1.165, 1.54) is 6.20 Å². The second-order valence-electron chi connectivity index (χ2n) is 6.10. The number of fused-ring (bicyclic) bond motifs is 1. The molecule has 1 saturated heterocycles. The molecule has 0 spiro atoms. The minimum Gasteiger partial charge on any atom is -0.337 e. The minimum absolute atomic E-state index is 0.0220. The largest absolute Gasteiger partial charge is 0.337 e. The van der Waals surface area contributed by atoms with Gasteiger partial charge in [0.25, 0.3) is 5.91 Å². The van der Waals surface area contributed by atoms with Crippen molar-refractivity contribution in [2.45, 2.75) is 6.42 Å². The molecule has 23 heavy (non-hydrogen) atoms. The Morgan fingerprint density at radius 2 is 2.30 bits per heavy atom. The van der Waals surface area contributed by atoms with E-state index >= 15 is 0 Å². The molecule has 0 bridgehead atoms. The van der Waals surface area contributed by atoms with Crippen molar-refractivity contribution in [1.82, 2.24) is 14.9 Å². The fraction of sp³-hybridized carbons (Fsp3) is 0.278. The van der Waals surface area contributed by atoms with Gasteiger partial charge in [0.15, 0.2) is 0 Å². The van der Waals surface area contributed by atoms with Crippen LogP contribution in [0.25, 0.3) is 0 Å². The Labute approximate surface area is 139 Å². The lowest BCUT2D eigenvalue weighted by Crippen LogP contribution is -2.31. The molecule has 2 aromatic heterocycles. The van der Waals surface area contributed by atoms with E-state index in [9.17, 15) is 4.79 Å². The highest BCUT2D eigenvalue weighted by Crippen LogP contribution is 2.57. The monoisotopic (exact) mass is 323 g/mol. The second kappa shape index (κ2) is 5.36. The number of likely N-dealkylation sites (tertiary alicyclic amines) is 1. The van der Waals surface area contributed by atoms with Gasteiger partial charge in [-0.2, -0.15) is 0 Å². The summed E-state index contributed by atoms with van der Waals surface area (Å²) in [6.45, 7) is 1.42. The topological polar surface area (TPSA) is 46.1 Å². The van der Waals surface area contributed by atoms with Crippen LogP contribution in [-0.4, -0.2) is 33.9 Å². The van der Waals surface area contributed by atoms with E-state index < -0.39 is 0 Å². The molecule has 1 aliphatic heterocycles. The number of rotatable bonds is 1. The van der Waals surface area contributed by atoms with Crippen molar-refractivity contribution in [1.29, 1.82) is 0 Å². The Kier molecular flexibility index (Phi) is 3.32. The molecule has 0 N–H and O–H groups in total. The van der Waals surface area contributed by atoms with Crippen molar-refractivity contribution in [3.05, 3.63) is 59.1 Å². The van der Waals surface area contributed by atoms with Crippen LogP contribution in [0.2, 0.25) is 5.02 Å². The van der Waals surface area contributed by atoms with E-state index in [4.69, 9.17) is 11.6 Å². The summed E-state index contributed by atoms with van der Waals surface area (Å²) in [5, 5.41) is 0.477. The molecule has 1 amide bonds. The molecular formula is C18H14ClN3O. The van der Waals surface area contributed by atoms with Gasteiger partial charge in [0.2, 0.25) is 0 Å². The van der Waals surface area contributed by atoms with Crippen LogP contribution in [0.4, 0.5) is 0 Å². The summed E-state index contributed by atoms with van der Waals surface area (Å²) in [7, 11) is 0. The van der Waals surface area contributed by atoms with Crippen LogP contribution in [0.15, 0.2) is 42.9 Å². The molecule has 2 atom stereocenters. The van der Waals surface area contributed by atoms with Crippen LogP contribution in [0.5, 0.6) is 0 Å². The summed E-state index contributed by atoms with van der Waals surface area (Å²) in [5.41, 5.74) is 1.25. The molecule has 2 fully saturated rings. The van der Waals surface area contributed by atoms with Crippen molar-refractivity contribution in [2.24, 2.45) is 11.3 Å². The molecular weight excluding hydrogens is 310 g/mol. The van der Waals surface area contributed by atoms with Gasteiger partial charge in [0.1, 0.15) is 5.69 Å². The van der Waals surface area contributed by atoms with E-state index in [1.54, 1.807) is 18.5 Å². The number of amides is 1. The van der Waals surface area contributed by atoms with E-state index in [-0.39, 0.29) is 11.3 Å². The average molecular weight is 324 g/mol. The molecule has 2 aromatic rings. The van der Waals surface area contributed by atoms with Crippen LogP contribution in [0, 0.1) is 23.2 Å². The lowest BCUT2D eigenvalue weighted by atomic mass is 10.1. The number of aromatic nitrogens is 2. The lowest BCUT2D eigenvalue weighted by molar-refractivity contribution is 0.0770. The molecule has 114 valence electrons. The van der Waals surface area contributed by atoms with Gasteiger partial charge in [-0.1, -0.05) is 23.6 Å². The van der Waals surface area contributed by atoms with E-state index in [0.717, 1.165) is 18.7 Å². The summed E-state index contributed by atoms with van der Waals surface area (Å²) in [6, 6.07) is 7.36. The molecule has 3 heterocycles. The molecule has 0 radical (unpaired) electrons. The summed E-state index contributed by atoms with van der Waals surface area (Å²) >= 11 is 5.92. The van der Waals surface area contributed by atoms with Crippen LogP contribution < -0.4 is 0 Å². The Hall–Kier alpha value is -2.38. The van der Waals surface area contributed by atoms with Gasteiger partial charge in [-0.15, -0.1) is 0 Å². The Morgan fingerprint density at radius 1 is 1.39 bits per heavy atom. The maximum atomic E-state index is 12.5. The Balaban J connectivity index is 1.50. The van der Waals surface area contributed by atoms with Crippen molar-refractivity contribution in [3.63, 3.8) is 0 Å². The molecule has 4 rings (SSSR count). The molecule has 1 aliphatic carbocycles. The zero-order chi connectivity index (χ0) is 15.9. The fourth-order valence-electron chi connectivity index (χ4n) is 3.17. The van der Waals surface area contributed by atoms with Crippen molar-refractivity contribution in [3.8, 4) is 11.8 Å². The molecule has 0 unspecified atom stereocenters. The third-order valence-corrected chi connectivity index (χ3v) is 4.70. The van der Waals surface area contributed by atoms with Gasteiger partial charge in [0.05, 0.1) is 16.0 Å². The number of pyridine rings is 2. The number of halogens is 1. The number of carbonyl (C=O) groups is 1. The van der Waals surface area contributed by atoms with Crippen molar-refractivity contribution >= 4 is 17.5 Å². The van der Waals surface area contributed by atoms with Gasteiger partial charge < -0.3 is 4.90 Å². The first-order valence-corrected chi connectivity index (χ1v) is 7.88. The first-order valence-electron chi connectivity index (χ1n) is 7.50. The van der Waals surface area contributed by atoms with Gasteiger partial charge in [-0.05, 0) is 36.5 Å². The van der Waals surface area contributed by atoms with Gasteiger partial charge in [0, 0.05) is 31.7 Å². The molecule has 4 nitrogen and oxygen atoms in total. The van der Waals surface area contributed by atoms with E-state index in [0.29, 0.717) is 23.0 Å². The second-order valence-corrected chi connectivity index (χ2v) is 6.54. The smallest absolute Gasteiger partial charge is 0.255 e. The molecule has 5 heteroatoms. The Morgan fingerprint density at radius 3 is 3.09 bits per heavy atom. The quantitative estimate of drug-likeness (QED) is 0.758. The first-order chi connectivity index (χ1) is 11.2. The van der Waals surface area contributed by atoms with Gasteiger partial charge >= 0.3 is 0 Å². The molecule has 2 aliphatic rings. The number of hydrogen-bond donors (Lipinski definition) is 0. The summed E-state index contributed by atoms with van der Waals surface area (Å²) < 4.78 is 0. The first kappa shape index (κ1) is 14.2. The normalized spacial score (nSPS) is 24.6. The summed E-state index contributed by atoms with van der Waals surface area (Å²) in [4.78, 5) is 22.6. The van der Waals surface area contributed by atoms with Crippen molar-refractivity contribution in [2.75, 3.05) is 13.1 Å². The zero-order valence-electron chi connectivity index (χ0n) is 12.4. The maximum absolute atomic E-state index is 12.5. The fourth-order valence-corrected chi connectivity index (χ4v) is 3.34. The standard InChI is InChI=1S/C18H14ClN3O/c19-15-7-13(9-20-10-15)17(23)22-11-14-8-18(14,12-22)5-4-16-3-1-2-6-21-16/h1-3,6-7,9-10,14H,8,11-12H2/t14-,18+/m1/s1. The average Bonchev–Trinajstić information content (AvgIpc) is 3.14. The van der Waals surface area contributed by atoms with E-state index in [2.05, 4.69) is 21.8 Å². The highest BCUT2D eigenvalue weighted by molar-refractivity contribution is 6.30. The predicted octanol–water partition coefficient (Wildman–Crippen LogP) is 2.64. The van der Waals surface area contributed by atoms with Crippen LogP contribution >= 0.6 is 11.6 Å². The predicted molar refractivity (Wildman–Crippen MR) is 86.8 cm³/mol. The number of carbonyl (C=O) groups excluding carboxylic acids is 1. The summed E-state index contributed by atoms with van der Waals surface area (Å²) in [6.07, 6.45) is 5.89. The van der Waals surface area contributed by atoms with Gasteiger partial charge in [-0.25, -0.2) is 4.98 Å². The van der Waals surface area contributed by atoms with Crippen molar-refractivity contribution < 1.29 is 4.79 Å².